The molecule has 26 heavy (non-hydrogen) atoms. The largest absolute Gasteiger partial charge is 0.352 e. The molecule has 0 radical (unpaired) electrons. The van der Waals surface area contributed by atoms with E-state index in [4.69, 9.17) is 0 Å². The molecule has 3 nitrogen and oxygen atoms in total. The molecule has 2 aromatic carbocycles. The van der Waals surface area contributed by atoms with E-state index in [1.165, 1.54) is 55.5 Å². The molecule has 0 bridgehead atoms. The van der Waals surface area contributed by atoms with Crippen molar-refractivity contribution in [2.45, 2.75) is 52.1 Å². The summed E-state index contributed by atoms with van der Waals surface area (Å²) < 4.78 is 0. The van der Waals surface area contributed by atoms with Crippen molar-refractivity contribution in [1.29, 1.82) is 0 Å². The zero-order valence-electron chi connectivity index (χ0n) is 15.8. The van der Waals surface area contributed by atoms with Gasteiger partial charge in [0.2, 0.25) is 5.91 Å². The van der Waals surface area contributed by atoms with E-state index in [0.29, 0.717) is 13.0 Å². The molecule has 138 valence electrons. The number of nitrogens with zero attached hydrogens (tertiary/aromatic N) is 1. The van der Waals surface area contributed by atoms with Crippen LogP contribution in [0.25, 0.3) is 0 Å². The number of aryl methyl sites for hydroxylation is 1. The van der Waals surface area contributed by atoms with Crippen LogP contribution in [-0.2, 0) is 24.3 Å². The van der Waals surface area contributed by atoms with E-state index in [9.17, 15) is 4.79 Å². The second kappa shape index (κ2) is 9.54. The fourth-order valence-corrected chi connectivity index (χ4v) is 3.66. The summed E-state index contributed by atoms with van der Waals surface area (Å²) in [5.74, 6) is 0.0773. The number of nitrogens with one attached hydrogen (secondary N) is 1. The Morgan fingerprint density at radius 1 is 0.923 bits per heavy atom. The Kier molecular flexibility index (Phi) is 6.84. The number of amides is 1. The molecule has 1 aliphatic rings. The Hall–Kier alpha value is -2.13. The molecule has 3 rings (SSSR count). The number of rotatable bonds is 6. The normalized spacial score (nSPS) is 15.4. The third kappa shape index (κ3) is 5.99. The van der Waals surface area contributed by atoms with Crippen LogP contribution in [0.5, 0.6) is 0 Å². The van der Waals surface area contributed by atoms with Crippen LogP contribution in [0.3, 0.4) is 0 Å². The van der Waals surface area contributed by atoms with Crippen molar-refractivity contribution in [1.82, 2.24) is 10.2 Å². The third-order valence-electron chi connectivity index (χ3n) is 5.03. The number of benzene rings is 2. The molecule has 3 heteroatoms. The Bertz CT molecular complexity index is 718. The average Bonchev–Trinajstić information content (AvgIpc) is 2.89. The quantitative estimate of drug-likeness (QED) is 0.845. The van der Waals surface area contributed by atoms with Crippen molar-refractivity contribution < 1.29 is 4.79 Å². The fourth-order valence-electron chi connectivity index (χ4n) is 3.66. The lowest BCUT2D eigenvalue weighted by Gasteiger charge is -2.20. The van der Waals surface area contributed by atoms with Crippen LogP contribution < -0.4 is 5.32 Å². The van der Waals surface area contributed by atoms with Crippen molar-refractivity contribution in [3.05, 3.63) is 70.8 Å². The van der Waals surface area contributed by atoms with E-state index >= 15 is 0 Å². The number of carbonyl (C=O) groups is 1. The molecule has 0 unspecified atom stereocenters. The van der Waals surface area contributed by atoms with Gasteiger partial charge >= 0.3 is 0 Å². The fraction of sp³-hybridized carbons (Fsp3) is 0.435. The number of hydrogen-bond donors (Lipinski definition) is 1. The highest BCUT2D eigenvalue weighted by Gasteiger charge is 2.10. The van der Waals surface area contributed by atoms with Gasteiger partial charge in [-0.25, -0.2) is 0 Å². The zero-order chi connectivity index (χ0) is 18.2. The lowest BCUT2D eigenvalue weighted by Crippen LogP contribution is -2.25. The van der Waals surface area contributed by atoms with Crippen molar-refractivity contribution >= 4 is 5.91 Å². The summed E-state index contributed by atoms with van der Waals surface area (Å²) in [5, 5.41) is 3.06. The molecule has 1 saturated heterocycles. The molecule has 1 amide bonds. The monoisotopic (exact) mass is 350 g/mol. The number of likely N-dealkylation sites (tertiary alicyclic amines) is 1. The predicted molar refractivity (Wildman–Crippen MR) is 107 cm³/mol. The van der Waals surface area contributed by atoms with E-state index in [0.717, 1.165) is 12.1 Å². The van der Waals surface area contributed by atoms with Crippen LogP contribution in [0, 0.1) is 6.92 Å². The maximum absolute atomic E-state index is 12.2. The first-order valence-electron chi connectivity index (χ1n) is 9.81. The highest BCUT2D eigenvalue weighted by molar-refractivity contribution is 5.78. The molecule has 2 aromatic rings. The first kappa shape index (κ1) is 18.7. The Morgan fingerprint density at radius 3 is 2.38 bits per heavy atom. The van der Waals surface area contributed by atoms with Crippen molar-refractivity contribution in [2.24, 2.45) is 0 Å². The summed E-state index contributed by atoms with van der Waals surface area (Å²) in [5.41, 5.74) is 4.78. The molecular formula is C23H30N2O. The van der Waals surface area contributed by atoms with Crippen LogP contribution in [0.1, 0.15) is 47.9 Å². The van der Waals surface area contributed by atoms with Crippen molar-refractivity contribution in [3.63, 3.8) is 0 Å². The van der Waals surface area contributed by atoms with Gasteiger partial charge in [-0.05, 0) is 49.5 Å². The summed E-state index contributed by atoms with van der Waals surface area (Å²) in [4.78, 5) is 14.8. The standard InChI is InChI=1S/C23H30N2O/c1-19-8-6-9-20(14-19)16-23(26)24-17-21-10-7-11-22(15-21)18-25-12-4-2-3-5-13-25/h6-11,14-15H,2-5,12-13,16-18H2,1H3,(H,24,26). The summed E-state index contributed by atoms with van der Waals surface area (Å²) in [6.07, 6.45) is 5.80. The number of hydrogen-bond acceptors (Lipinski definition) is 2. The Labute approximate surface area is 157 Å². The van der Waals surface area contributed by atoms with Gasteiger partial charge in [-0.2, -0.15) is 0 Å². The Morgan fingerprint density at radius 2 is 1.62 bits per heavy atom. The Balaban J connectivity index is 1.50. The van der Waals surface area contributed by atoms with Crippen LogP contribution in [-0.4, -0.2) is 23.9 Å². The number of carbonyl (C=O) groups excluding carboxylic acids is 1. The predicted octanol–water partition coefficient (Wildman–Crippen LogP) is 4.23. The van der Waals surface area contributed by atoms with Gasteiger partial charge in [0, 0.05) is 13.1 Å². The molecule has 0 spiro atoms. The molecule has 0 aliphatic carbocycles. The van der Waals surface area contributed by atoms with Crippen LogP contribution in [0.15, 0.2) is 48.5 Å². The smallest absolute Gasteiger partial charge is 0.224 e. The molecule has 0 atom stereocenters. The molecule has 1 heterocycles. The van der Waals surface area contributed by atoms with E-state index in [1.54, 1.807) is 0 Å². The van der Waals surface area contributed by atoms with Crippen molar-refractivity contribution in [2.75, 3.05) is 13.1 Å². The van der Waals surface area contributed by atoms with Gasteiger partial charge in [0.1, 0.15) is 0 Å². The first-order chi connectivity index (χ1) is 12.7. The van der Waals surface area contributed by atoms with E-state index in [2.05, 4.69) is 53.5 Å². The van der Waals surface area contributed by atoms with Gasteiger partial charge in [0.15, 0.2) is 0 Å². The van der Waals surface area contributed by atoms with Gasteiger partial charge < -0.3 is 5.32 Å². The van der Waals surface area contributed by atoms with Crippen LogP contribution >= 0.6 is 0 Å². The minimum absolute atomic E-state index is 0.0773. The topological polar surface area (TPSA) is 32.3 Å². The first-order valence-corrected chi connectivity index (χ1v) is 9.81. The van der Waals surface area contributed by atoms with Gasteiger partial charge in [-0.15, -0.1) is 0 Å². The zero-order valence-corrected chi connectivity index (χ0v) is 15.8. The van der Waals surface area contributed by atoms with Crippen molar-refractivity contribution in [3.8, 4) is 0 Å². The van der Waals surface area contributed by atoms with Gasteiger partial charge in [0.25, 0.3) is 0 Å². The second-order valence-corrected chi connectivity index (χ2v) is 7.45. The van der Waals surface area contributed by atoms with E-state index < -0.39 is 0 Å². The molecule has 1 N–H and O–H groups in total. The summed E-state index contributed by atoms with van der Waals surface area (Å²) in [6.45, 7) is 6.08. The minimum atomic E-state index is 0.0773. The molecule has 0 saturated carbocycles. The van der Waals surface area contributed by atoms with Gasteiger partial charge in [0.05, 0.1) is 6.42 Å². The highest BCUT2D eigenvalue weighted by Crippen LogP contribution is 2.14. The minimum Gasteiger partial charge on any atom is -0.352 e. The summed E-state index contributed by atoms with van der Waals surface area (Å²) in [7, 11) is 0. The average molecular weight is 351 g/mol. The lowest BCUT2D eigenvalue weighted by atomic mass is 10.1. The maximum Gasteiger partial charge on any atom is 0.224 e. The maximum atomic E-state index is 12.2. The molecule has 1 aliphatic heterocycles. The van der Waals surface area contributed by atoms with Gasteiger partial charge in [-0.3, -0.25) is 9.69 Å². The molecule has 1 fully saturated rings. The molecule has 0 aromatic heterocycles. The molecular weight excluding hydrogens is 320 g/mol. The summed E-state index contributed by atoms with van der Waals surface area (Å²) in [6, 6.07) is 16.8. The van der Waals surface area contributed by atoms with E-state index in [-0.39, 0.29) is 5.91 Å². The van der Waals surface area contributed by atoms with E-state index in [1.807, 2.05) is 12.1 Å². The second-order valence-electron chi connectivity index (χ2n) is 7.45. The van der Waals surface area contributed by atoms with Crippen LogP contribution in [0.2, 0.25) is 0 Å². The third-order valence-corrected chi connectivity index (χ3v) is 5.03. The van der Waals surface area contributed by atoms with Gasteiger partial charge in [-0.1, -0.05) is 66.9 Å². The summed E-state index contributed by atoms with van der Waals surface area (Å²) >= 11 is 0. The highest BCUT2D eigenvalue weighted by atomic mass is 16.1. The van der Waals surface area contributed by atoms with Crippen LogP contribution in [0.4, 0.5) is 0 Å². The SMILES string of the molecule is Cc1cccc(CC(=O)NCc2cccc(CN3CCCCCC3)c2)c1. The lowest BCUT2D eigenvalue weighted by molar-refractivity contribution is -0.120.